The number of amides is 2. The van der Waals surface area contributed by atoms with Gasteiger partial charge in [-0.15, -0.1) is 0 Å². The molecule has 0 saturated carbocycles. The third kappa shape index (κ3) is 2.97. The summed E-state index contributed by atoms with van der Waals surface area (Å²) in [5, 5.41) is 8.60. The molecule has 1 heterocycles. The number of aromatic nitrogens is 1. The zero-order valence-corrected chi connectivity index (χ0v) is 9.14. The molecule has 0 bridgehead atoms. The van der Waals surface area contributed by atoms with E-state index in [0.717, 1.165) is 0 Å². The summed E-state index contributed by atoms with van der Waals surface area (Å²) in [6.45, 7) is 0. The number of anilines is 2. The van der Waals surface area contributed by atoms with Crippen LogP contribution in [0.15, 0.2) is 41.1 Å². The van der Waals surface area contributed by atoms with E-state index in [1.54, 1.807) is 37.4 Å². The molecule has 6 nitrogen and oxygen atoms in total. The summed E-state index contributed by atoms with van der Waals surface area (Å²) in [6.07, 6.45) is 1.45. The van der Waals surface area contributed by atoms with Crippen molar-refractivity contribution in [2.75, 3.05) is 17.7 Å². The SMILES string of the molecule is COc1cccc(NC(=O)Nc2ccno2)c1. The fraction of sp³-hybridized carbons (Fsp3) is 0.0909. The quantitative estimate of drug-likeness (QED) is 0.852. The molecule has 0 unspecified atom stereocenters. The molecule has 0 aliphatic rings. The summed E-state index contributed by atoms with van der Waals surface area (Å²) in [4.78, 5) is 11.5. The fourth-order valence-electron chi connectivity index (χ4n) is 1.26. The monoisotopic (exact) mass is 233 g/mol. The Kier molecular flexibility index (Phi) is 3.25. The van der Waals surface area contributed by atoms with Crippen LogP contribution in [0.3, 0.4) is 0 Å². The first-order valence-corrected chi connectivity index (χ1v) is 4.90. The minimum atomic E-state index is -0.407. The summed E-state index contributed by atoms with van der Waals surface area (Å²) in [5.74, 6) is 0.952. The van der Waals surface area contributed by atoms with Gasteiger partial charge in [0.05, 0.1) is 13.3 Å². The molecule has 0 saturated heterocycles. The van der Waals surface area contributed by atoms with E-state index >= 15 is 0 Å². The lowest BCUT2D eigenvalue weighted by atomic mass is 10.3. The van der Waals surface area contributed by atoms with E-state index in [4.69, 9.17) is 9.26 Å². The van der Waals surface area contributed by atoms with Crippen molar-refractivity contribution in [3.05, 3.63) is 36.5 Å². The molecule has 0 fully saturated rings. The molecule has 2 rings (SSSR count). The number of nitrogens with zero attached hydrogens (tertiary/aromatic N) is 1. The van der Waals surface area contributed by atoms with Crippen LogP contribution in [0.1, 0.15) is 0 Å². The lowest BCUT2D eigenvalue weighted by Gasteiger charge is -2.06. The van der Waals surface area contributed by atoms with Crippen LogP contribution in [-0.4, -0.2) is 18.3 Å². The number of methoxy groups -OCH3 is 1. The Morgan fingerprint density at radius 1 is 1.35 bits per heavy atom. The van der Waals surface area contributed by atoms with Gasteiger partial charge in [0, 0.05) is 17.8 Å². The second-order valence-electron chi connectivity index (χ2n) is 3.19. The first-order chi connectivity index (χ1) is 8.28. The first-order valence-electron chi connectivity index (χ1n) is 4.90. The van der Waals surface area contributed by atoms with Crippen LogP contribution in [0.2, 0.25) is 0 Å². The van der Waals surface area contributed by atoms with Crippen molar-refractivity contribution >= 4 is 17.6 Å². The van der Waals surface area contributed by atoms with Gasteiger partial charge in [-0.3, -0.25) is 5.32 Å². The van der Waals surface area contributed by atoms with Crippen LogP contribution in [0, 0.1) is 0 Å². The molecule has 2 N–H and O–H groups in total. The molecule has 2 aromatic rings. The van der Waals surface area contributed by atoms with Crippen LogP contribution >= 0.6 is 0 Å². The van der Waals surface area contributed by atoms with Gasteiger partial charge in [0.1, 0.15) is 5.75 Å². The lowest BCUT2D eigenvalue weighted by Crippen LogP contribution is -2.18. The topological polar surface area (TPSA) is 76.4 Å². The Bertz CT molecular complexity index is 496. The van der Waals surface area contributed by atoms with E-state index in [9.17, 15) is 4.79 Å². The fourth-order valence-corrected chi connectivity index (χ4v) is 1.26. The number of nitrogens with one attached hydrogen (secondary N) is 2. The summed E-state index contributed by atoms with van der Waals surface area (Å²) in [6, 6.07) is 8.17. The van der Waals surface area contributed by atoms with Gasteiger partial charge in [-0.25, -0.2) is 4.79 Å². The van der Waals surface area contributed by atoms with Crippen LogP contribution in [0.25, 0.3) is 0 Å². The summed E-state index contributed by atoms with van der Waals surface area (Å²) >= 11 is 0. The Hall–Kier alpha value is -2.50. The van der Waals surface area contributed by atoms with Gasteiger partial charge in [0.2, 0.25) is 5.88 Å². The van der Waals surface area contributed by atoms with Crippen LogP contribution in [-0.2, 0) is 0 Å². The van der Waals surface area contributed by atoms with Gasteiger partial charge in [-0.2, -0.15) is 0 Å². The summed E-state index contributed by atoms with van der Waals surface area (Å²) in [5.41, 5.74) is 0.626. The van der Waals surface area contributed by atoms with Crippen molar-refractivity contribution in [2.24, 2.45) is 0 Å². The number of carbonyl (C=O) groups is 1. The van der Waals surface area contributed by atoms with Gasteiger partial charge < -0.3 is 14.6 Å². The largest absolute Gasteiger partial charge is 0.497 e. The van der Waals surface area contributed by atoms with Gasteiger partial charge in [-0.05, 0) is 12.1 Å². The Morgan fingerprint density at radius 2 is 2.24 bits per heavy atom. The normalized spacial score (nSPS) is 9.71. The predicted octanol–water partition coefficient (Wildman–Crippen LogP) is 2.33. The van der Waals surface area contributed by atoms with Crippen molar-refractivity contribution in [1.29, 1.82) is 0 Å². The molecular weight excluding hydrogens is 222 g/mol. The van der Waals surface area contributed by atoms with E-state index in [1.807, 2.05) is 0 Å². The lowest BCUT2D eigenvalue weighted by molar-refractivity contribution is 0.261. The number of hydrogen-bond acceptors (Lipinski definition) is 4. The average molecular weight is 233 g/mol. The van der Waals surface area contributed by atoms with Crippen molar-refractivity contribution in [1.82, 2.24) is 5.16 Å². The number of urea groups is 1. The molecule has 0 radical (unpaired) electrons. The van der Waals surface area contributed by atoms with Crippen molar-refractivity contribution in [2.45, 2.75) is 0 Å². The second-order valence-corrected chi connectivity index (χ2v) is 3.19. The van der Waals surface area contributed by atoms with Crippen LogP contribution < -0.4 is 15.4 Å². The van der Waals surface area contributed by atoms with Gasteiger partial charge >= 0.3 is 6.03 Å². The maximum atomic E-state index is 11.5. The summed E-state index contributed by atoms with van der Waals surface area (Å²) in [7, 11) is 1.56. The summed E-state index contributed by atoms with van der Waals surface area (Å²) < 4.78 is 9.78. The first kappa shape index (κ1) is 11.0. The highest BCUT2D eigenvalue weighted by atomic mass is 16.5. The Balaban J connectivity index is 1.98. The van der Waals surface area contributed by atoms with Crippen molar-refractivity contribution in [3.63, 3.8) is 0 Å². The third-order valence-corrected chi connectivity index (χ3v) is 2.00. The minimum Gasteiger partial charge on any atom is -0.497 e. The van der Waals surface area contributed by atoms with Crippen molar-refractivity contribution in [3.8, 4) is 5.75 Å². The smallest absolute Gasteiger partial charge is 0.326 e. The average Bonchev–Trinajstić information content (AvgIpc) is 2.82. The van der Waals surface area contributed by atoms with E-state index in [2.05, 4.69) is 15.8 Å². The van der Waals surface area contributed by atoms with E-state index in [1.165, 1.54) is 6.20 Å². The number of hydrogen-bond donors (Lipinski definition) is 2. The molecule has 1 aromatic heterocycles. The second kappa shape index (κ2) is 5.02. The third-order valence-electron chi connectivity index (χ3n) is 2.00. The van der Waals surface area contributed by atoms with Gasteiger partial charge in [0.25, 0.3) is 0 Å². The van der Waals surface area contributed by atoms with E-state index in [0.29, 0.717) is 11.4 Å². The number of carbonyl (C=O) groups excluding carboxylic acids is 1. The van der Waals surface area contributed by atoms with Gasteiger partial charge in [-0.1, -0.05) is 11.2 Å². The van der Waals surface area contributed by atoms with Crippen LogP contribution in [0.5, 0.6) is 5.75 Å². The highest BCUT2D eigenvalue weighted by Gasteiger charge is 2.05. The number of ether oxygens (including phenoxy) is 1. The highest BCUT2D eigenvalue weighted by molar-refractivity contribution is 5.98. The molecule has 6 heteroatoms. The molecule has 2 amide bonds. The highest BCUT2D eigenvalue weighted by Crippen LogP contribution is 2.16. The molecule has 0 aliphatic heterocycles. The Labute approximate surface area is 97.6 Å². The standard InChI is InChI=1S/C11H11N3O3/c1-16-9-4-2-3-8(7-9)13-11(15)14-10-5-6-12-17-10/h2-7H,1H3,(H2,13,14,15). The molecular formula is C11H11N3O3. The van der Waals surface area contributed by atoms with Crippen LogP contribution in [0.4, 0.5) is 16.4 Å². The van der Waals surface area contributed by atoms with Gasteiger partial charge in [0.15, 0.2) is 0 Å². The minimum absolute atomic E-state index is 0.283. The number of rotatable bonds is 3. The molecule has 17 heavy (non-hydrogen) atoms. The number of benzene rings is 1. The van der Waals surface area contributed by atoms with E-state index in [-0.39, 0.29) is 5.88 Å². The van der Waals surface area contributed by atoms with E-state index < -0.39 is 6.03 Å². The molecule has 0 atom stereocenters. The zero-order valence-electron chi connectivity index (χ0n) is 9.14. The molecule has 88 valence electrons. The zero-order chi connectivity index (χ0) is 12.1. The van der Waals surface area contributed by atoms with Crippen molar-refractivity contribution < 1.29 is 14.1 Å². The Morgan fingerprint density at radius 3 is 2.94 bits per heavy atom. The molecule has 1 aromatic carbocycles. The molecule has 0 aliphatic carbocycles. The predicted molar refractivity (Wildman–Crippen MR) is 62.1 cm³/mol. The molecule has 0 spiro atoms. The maximum Gasteiger partial charge on any atom is 0.326 e. The maximum absolute atomic E-state index is 11.5.